The second-order valence-electron chi connectivity index (χ2n) is 4.12. The van der Waals surface area contributed by atoms with Gasteiger partial charge < -0.3 is 5.32 Å². The van der Waals surface area contributed by atoms with Crippen LogP contribution in [0, 0.1) is 0 Å². The van der Waals surface area contributed by atoms with Gasteiger partial charge in [-0.1, -0.05) is 23.7 Å². The number of hydrogen-bond acceptors (Lipinski definition) is 2. The van der Waals surface area contributed by atoms with Crippen LogP contribution in [-0.4, -0.2) is 16.8 Å². The molecule has 2 aromatic rings. The molecule has 0 saturated carbocycles. The standard InChI is InChI=1S/C13H16ClN3/c1-9(15-2)11-5-4-10(8-12(11)14)13-6-7-17(3)16-13/h4-9,15H,1-3H3. The number of rotatable bonds is 3. The van der Waals surface area contributed by atoms with E-state index in [2.05, 4.69) is 23.4 Å². The molecule has 0 aliphatic rings. The zero-order valence-electron chi connectivity index (χ0n) is 10.2. The summed E-state index contributed by atoms with van der Waals surface area (Å²) in [5, 5.41) is 8.31. The number of aryl methyl sites for hydroxylation is 1. The second-order valence-corrected chi connectivity index (χ2v) is 4.53. The lowest BCUT2D eigenvalue weighted by Crippen LogP contribution is -2.12. The van der Waals surface area contributed by atoms with Crippen molar-refractivity contribution in [3.63, 3.8) is 0 Å². The summed E-state index contributed by atoms with van der Waals surface area (Å²) in [6.07, 6.45) is 1.92. The second kappa shape index (κ2) is 4.90. The number of nitrogens with zero attached hydrogens (tertiary/aromatic N) is 2. The van der Waals surface area contributed by atoms with E-state index in [1.165, 1.54) is 0 Å². The Morgan fingerprint density at radius 1 is 1.35 bits per heavy atom. The van der Waals surface area contributed by atoms with Gasteiger partial charge in [-0.2, -0.15) is 5.10 Å². The van der Waals surface area contributed by atoms with Crippen molar-refractivity contribution in [2.24, 2.45) is 7.05 Å². The SMILES string of the molecule is CNC(C)c1ccc(-c2ccn(C)n2)cc1Cl. The lowest BCUT2D eigenvalue weighted by molar-refractivity contribution is 0.652. The average molecular weight is 250 g/mol. The molecule has 1 unspecified atom stereocenters. The van der Waals surface area contributed by atoms with E-state index in [0.29, 0.717) is 0 Å². The maximum atomic E-state index is 6.29. The third-order valence-corrected chi connectivity index (χ3v) is 3.24. The first kappa shape index (κ1) is 12.1. The summed E-state index contributed by atoms with van der Waals surface area (Å²) in [4.78, 5) is 0. The molecule has 0 radical (unpaired) electrons. The normalized spacial score (nSPS) is 12.7. The monoisotopic (exact) mass is 249 g/mol. The highest BCUT2D eigenvalue weighted by atomic mass is 35.5. The average Bonchev–Trinajstić information content (AvgIpc) is 2.75. The molecule has 1 atom stereocenters. The Morgan fingerprint density at radius 2 is 2.12 bits per heavy atom. The molecule has 1 N–H and O–H groups in total. The maximum absolute atomic E-state index is 6.29. The Hall–Kier alpha value is -1.32. The molecule has 0 fully saturated rings. The van der Waals surface area contributed by atoms with Crippen LogP contribution in [0.25, 0.3) is 11.3 Å². The largest absolute Gasteiger partial charge is 0.313 e. The fraction of sp³-hybridized carbons (Fsp3) is 0.308. The van der Waals surface area contributed by atoms with Crippen molar-refractivity contribution in [1.29, 1.82) is 0 Å². The minimum absolute atomic E-state index is 0.250. The predicted octanol–water partition coefficient (Wildman–Crippen LogP) is 3.02. The Bertz CT molecular complexity index is 519. The van der Waals surface area contributed by atoms with E-state index >= 15 is 0 Å². The first-order valence-electron chi connectivity index (χ1n) is 5.58. The maximum Gasteiger partial charge on any atom is 0.0923 e. The van der Waals surface area contributed by atoms with Gasteiger partial charge in [-0.05, 0) is 31.7 Å². The topological polar surface area (TPSA) is 29.9 Å². The molecule has 2 rings (SSSR count). The summed E-state index contributed by atoms with van der Waals surface area (Å²) in [7, 11) is 3.83. The summed E-state index contributed by atoms with van der Waals surface area (Å²) in [6, 6.07) is 8.30. The van der Waals surface area contributed by atoms with Gasteiger partial charge in [0.1, 0.15) is 0 Å². The van der Waals surface area contributed by atoms with E-state index in [9.17, 15) is 0 Å². The first-order valence-corrected chi connectivity index (χ1v) is 5.96. The van der Waals surface area contributed by atoms with Crippen LogP contribution in [0.1, 0.15) is 18.5 Å². The van der Waals surface area contributed by atoms with Gasteiger partial charge in [0.05, 0.1) is 5.69 Å². The summed E-state index contributed by atoms with van der Waals surface area (Å²) >= 11 is 6.29. The number of halogens is 1. The van der Waals surface area contributed by atoms with Gasteiger partial charge in [0, 0.05) is 29.9 Å². The minimum atomic E-state index is 0.250. The van der Waals surface area contributed by atoms with Gasteiger partial charge >= 0.3 is 0 Å². The van der Waals surface area contributed by atoms with Crippen LogP contribution >= 0.6 is 11.6 Å². The minimum Gasteiger partial charge on any atom is -0.313 e. The first-order chi connectivity index (χ1) is 8.11. The molecule has 90 valence electrons. The highest BCUT2D eigenvalue weighted by Crippen LogP contribution is 2.27. The molecule has 0 saturated heterocycles. The molecule has 0 aliphatic heterocycles. The van der Waals surface area contributed by atoms with E-state index in [1.807, 2.05) is 38.5 Å². The smallest absolute Gasteiger partial charge is 0.0923 e. The Kier molecular flexibility index (Phi) is 3.50. The molecule has 3 nitrogen and oxygen atoms in total. The molecule has 0 aliphatic carbocycles. The third-order valence-electron chi connectivity index (χ3n) is 2.91. The number of hydrogen-bond donors (Lipinski definition) is 1. The quantitative estimate of drug-likeness (QED) is 0.906. The van der Waals surface area contributed by atoms with Crippen LogP contribution in [0.3, 0.4) is 0 Å². The van der Waals surface area contributed by atoms with Crippen molar-refractivity contribution in [3.05, 3.63) is 41.0 Å². The van der Waals surface area contributed by atoms with Crippen molar-refractivity contribution >= 4 is 11.6 Å². The Labute approximate surface area is 106 Å². The number of aromatic nitrogens is 2. The van der Waals surface area contributed by atoms with Gasteiger partial charge in [-0.15, -0.1) is 0 Å². The Balaban J connectivity index is 2.37. The number of benzene rings is 1. The number of nitrogens with one attached hydrogen (secondary N) is 1. The lowest BCUT2D eigenvalue weighted by atomic mass is 10.0. The van der Waals surface area contributed by atoms with Crippen LogP contribution in [0.15, 0.2) is 30.5 Å². The van der Waals surface area contributed by atoms with Crippen LogP contribution in [0.2, 0.25) is 5.02 Å². The fourth-order valence-electron chi connectivity index (χ4n) is 1.76. The van der Waals surface area contributed by atoms with Gasteiger partial charge in [-0.3, -0.25) is 4.68 Å². The lowest BCUT2D eigenvalue weighted by Gasteiger charge is -2.13. The Morgan fingerprint density at radius 3 is 2.65 bits per heavy atom. The molecule has 17 heavy (non-hydrogen) atoms. The molecular weight excluding hydrogens is 234 g/mol. The summed E-state index contributed by atoms with van der Waals surface area (Å²) in [6.45, 7) is 2.08. The molecule has 1 aromatic heterocycles. The van der Waals surface area contributed by atoms with Crippen molar-refractivity contribution < 1.29 is 0 Å². The summed E-state index contributed by atoms with van der Waals surface area (Å²) < 4.78 is 1.79. The van der Waals surface area contributed by atoms with Crippen molar-refractivity contribution in [2.45, 2.75) is 13.0 Å². The van der Waals surface area contributed by atoms with E-state index in [4.69, 9.17) is 11.6 Å². The van der Waals surface area contributed by atoms with Crippen molar-refractivity contribution in [1.82, 2.24) is 15.1 Å². The van der Waals surface area contributed by atoms with E-state index < -0.39 is 0 Å². The van der Waals surface area contributed by atoms with E-state index in [-0.39, 0.29) is 6.04 Å². The van der Waals surface area contributed by atoms with E-state index in [1.54, 1.807) is 4.68 Å². The van der Waals surface area contributed by atoms with Gasteiger partial charge in [0.2, 0.25) is 0 Å². The van der Waals surface area contributed by atoms with Crippen LogP contribution < -0.4 is 5.32 Å². The van der Waals surface area contributed by atoms with Crippen LogP contribution in [0.4, 0.5) is 0 Å². The zero-order chi connectivity index (χ0) is 12.4. The van der Waals surface area contributed by atoms with Crippen molar-refractivity contribution in [3.8, 4) is 11.3 Å². The summed E-state index contributed by atoms with van der Waals surface area (Å²) in [5.41, 5.74) is 3.09. The van der Waals surface area contributed by atoms with Crippen molar-refractivity contribution in [2.75, 3.05) is 7.05 Å². The third kappa shape index (κ3) is 2.51. The van der Waals surface area contributed by atoms with Gasteiger partial charge in [0.15, 0.2) is 0 Å². The van der Waals surface area contributed by atoms with Gasteiger partial charge in [-0.25, -0.2) is 0 Å². The zero-order valence-corrected chi connectivity index (χ0v) is 11.0. The molecule has 0 bridgehead atoms. The molecule has 0 amide bonds. The predicted molar refractivity (Wildman–Crippen MR) is 71.1 cm³/mol. The molecule has 1 aromatic carbocycles. The fourth-order valence-corrected chi connectivity index (χ4v) is 2.11. The molecule has 4 heteroatoms. The van der Waals surface area contributed by atoms with E-state index in [0.717, 1.165) is 21.8 Å². The molecular formula is C13H16ClN3. The highest BCUT2D eigenvalue weighted by Gasteiger charge is 2.09. The van der Waals surface area contributed by atoms with Crippen LogP contribution in [-0.2, 0) is 7.05 Å². The molecule has 1 heterocycles. The van der Waals surface area contributed by atoms with Crippen LogP contribution in [0.5, 0.6) is 0 Å². The van der Waals surface area contributed by atoms with Gasteiger partial charge in [0.25, 0.3) is 0 Å². The summed E-state index contributed by atoms with van der Waals surface area (Å²) in [5.74, 6) is 0. The molecule has 0 spiro atoms. The highest BCUT2D eigenvalue weighted by molar-refractivity contribution is 6.31.